The molecule has 0 bridgehead atoms. The van der Waals surface area contributed by atoms with Crippen LogP contribution >= 0.6 is 11.6 Å². The van der Waals surface area contributed by atoms with Gasteiger partial charge in [0.25, 0.3) is 0 Å². The largest absolute Gasteiger partial charge is 0.444 e. The highest BCUT2D eigenvalue weighted by Crippen LogP contribution is 2.34. The molecule has 1 aliphatic heterocycles. The molecule has 1 aromatic carbocycles. The van der Waals surface area contributed by atoms with Gasteiger partial charge >= 0.3 is 18.3 Å². The van der Waals surface area contributed by atoms with Crippen molar-refractivity contribution in [1.82, 2.24) is 9.80 Å². The van der Waals surface area contributed by atoms with Crippen molar-refractivity contribution >= 4 is 29.4 Å². The molecule has 3 amide bonds. The number of benzene rings is 1. The molecular weight excluding hydrogens is 399 g/mol. The van der Waals surface area contributed by atoms with Gasteiger partial charge in [-0.05, 0) is 45.9 Å². The monoisotopic (exact) mass is 421 g/mol. The van der Waals surface area contributed by atoms with E-state index in [9.17, 15) is 22.8 Å². The SMILES string of the molecule is CC1CN(C(=O)OC(C)(C)C)CCN1C(=O)Nc1cc(C(F)(F)F)ccc1Cl. The summed E-state index contributed by atoms with van der Waals surface area (Å²) in [6, 6.07) is 1.79. The lowest BCUT2D eigenvalue weighted by Gasteiger charge is -2.40. The van der Waals surface area contributed by atoms with Crippen molar-refractivity contribution in [3.63, 3.8) is 0 Å². The quantitative estimate of drug-likeness (QED) is 0.706. The lowest BCUT2D eigenvalue weighted by Crippen LogP contribution is -2.57. The summed E-state index contributed by atoms with van der Waals surface area (Å²) >= 11 is 5.92. The summed E-state index contributed by atoms with van der Waals surface area (Å²) in [5.41, 5.74) is -1.66. The number of hydrogen-bond donors (Lipinski definition) is 1. The Balaban J connectivity index is 2.04. The molecule has 2 rings (SSSR count). The van der Waals surface area contributed by atoms with Crippen molar-refractivity contribution in [2.24, 2.45) is 0 Å². The molecule has 1 aliphatic rings. The van der Waals surface area contributed by atoms with Crippen molar-refractivity contribution < 1.29 is 27.5 Å². The second-order valence-corrected chi connectivity index (χ2v) is 8.00. The van der Waals surface area contributed by atoms with Gasteiger partial charge in [0, 0.05) is 25.7 Å². The van der Waals surface area contributed by atoms with E-state index in [0.29, 0.717) is 0 Å². The van der Waals surface area contributed by atoms with Crippen LogP contribution in [0.2, 0.25) is 5.02 Å². The van der Waals surface area contributed by atoms with E-state index in [1.165, 1.54) is 9.80 Å². The summed E-state index contributed by atoms with van der Waals surface area (Å²) in [6.07, 6.45) is -5.02. The Morgan fingerprint density at radius 1 is 1.21 bits per heavy atom. The Hall–Kier alpha value is -2.16. The number of hydrogen-bond acceptors (Lipinski definition) is 3. The first-order valence-electron chi connectivity index (χ1n) is 8.70. The van der Waals surface area contributed by atoms with Crippen LogP contribution in [0.1, 0.15) is 33.3 Å². The molecule has 0 aromatic heterocycles. The van der Waals surface area contributed by atoms with E-state index in [4.69, 9.17) is 16.3 Å². The van der Waals surface area contributed by atoms with Gasteiger partial charge in [-0.3, -0.25) is 0 Å². The van der Waals surface area contributed by atoms with Gasteiger partial charge < -0.3 is 19.9 Å². The summed E-state index contributed by atoms with van der Waals surface area (Å²) in [4.78, 5) is 27.6. The third kappa shape index (κ3) is 5.67. The molecule has 6 nitrogen and oxygen atoms in total. The summed E-state index contributed by atoms with van der Waals surface area (Å²) < 4.78 is 43.9. The Bertz CT molecular complexity index is 750. The molecule has 1 fully saturated rings. The van der Waals surface area contributed by atoms with Gasteiger partial charge in [0.1, 0.15) is 5.60 Å². The predicted octanol–water partition coefficient (Wildman–Crippen LogP) is 4.83. The molecule has 1 unspecified atom stereocenters. The van der Waals surface area contributed by atoms with Crippen LogP contribution in [0.15, 0.2) is 18.2 Å². The van der Waals surface area contributed by atoms with Gasteiger partial charge in [0.05, 0.1) is 16.3 Å². The molecule has 156 valence electrons. The highest BCUT2D eigenvalue weighted by Gasteiger charge is 2.33. The highest BCUT2D eigenvalue weighted by atomic mass is 35.5. The van der Waals surface area contributed by atoms with E-state index in [1.54, 1.807) is 27.7 Å². The average molecular weight is 422 g/mol. The number of urea groups is 1. The van der Waals surface area contributed by atoms with Crippen LogP contribution in [0.5, 0.6) is 0 Å². The maximum absolute atomic E-state index is 12.9. The fourth-order valence-corrected chi connectivity index (χ4v) is 2.90. The van der Waals surface area contributed by atoms with Crippen LogP contribution in [-0.4, -0.2) is 53.2 Å². The Morgan fingerprint density at radius 2 is 1.86 bits per heavy atom. The van der Waals surface area contributed by atoms with E-state index in [1.807, 2.05) is 0 Å². The lowest BCUT2D eigenvalue weighted by atomic mass is 10.2. The van der Waals surface area contributed by atoms with Crippen molar-refractivity contribution in [2.45, 2.75) is 45.5 Å². The first-order chi connectivity index (χ1) is 12.8. The Labute approximate surface area is 166 Å². The number of piperazine rings is 1. The fourth-order valence-electron chi connectivity index (χ4n) is 2.74. The number of anilines is 1. The molecule has 28 heavy (non-hydrogen) atoms. The van der Waals surface area contributed by atoms with E-state index < -0.39 is 29.5 Å². The van der Waals surface area contributed by atoms with Crippen molar-refractivity contribution in [3.8, 4) is 0 Å². The second-order valence-electron chi connectivity index (χ2n) is 7.59. The maximum atomic E-state index is 12.9. The number of alkyl halides is 3. The fraction of sp³-hybridized carbons (Fsp3) is 0.556. The van der Waals surface area contributed by atoms with Crippen LogP contribution in [0.4, 0.5) is 28.4 Å². The zero-order valence-electron chi connectivity index (χ0n) is 16.1. The van der Waals surface area contributed by atoms with Crippen LogP contribution in [-0.2, 0) is 10.9 Å². The predicted molar refractivity (Wildman–Crippen MR) is 99.4 cm³/mol. The third-order valence-electron chi connectivity index (χ3n) is 4.08. The number of halogens is 4. The number of nitrogens with zero attached hydrogens (tertiary/aromatic N) is 2. The lowest BCUT2D eigenvalue weighted by molar-refractivity contribution is -0.137. The molecule has 1 atom stereocenters. The standard InChI is InChI=1S/C18H23ClF3N3O3/c1-11-10-24(16(27)28-17(2,3)4)7-8-25(11)15(26)23-14-9-12(18(20,21)22)5-6-13(14)19/h5-6,9,11H,7-8,10H2,1-4H3,(H,23,26). The van der Waals surface area contributed by atoms with Gasteiger partial charge in [-0.1, -0.05) is 11.6 Å². The minimum atomic E-state index is -4.55. The van der Waals surface area contributed by atoms with Crippen molar-refractivity contribution in [1.29, 1.82) is 0 Å². The molecule has 0 radical (unpaired) electrons. The zero-order chi connectivity index (χ0) is 21.3. The van der Waals surface area contributed by atoms with Gasteiger partial charge in [-0.15, -0.1) is 0 Å². The Morgan fingerprint density at radius 3 is 2.39 bits per heavy atom. The second kappa shape index (κ2) is 8.06. The van der Waals surface area contributed by atoms with Crippen molar-refractivity contribution in [2.75, 3.05) is 25.0 Å². The normalized spacial score (nSPS) is 18.1. The van der Waals surface area contributed by atoms with Crippen LogP contribution in [0.25, 0.3) is 0 Å². The third-order valence-corrected chi connectivity index (χ3v) is 4.40. The smallest absolute Gasteiger partial charge is 0.416 e. The molecule has 1 saturated heterocycles. The molecule has 0 saturated carbocycles. The van der Waals surface area contributed by atoms with Gasteiger partial charge in [0.15, 0.2) is 0 Å². The summed E-state index contributed by atoms with van der Waals surface area (Å²) in [5, 5.41) is 2.43. The first kappa shape index (κ1) is 22.1. The highest BCUT2D eigenvalue weighted by molar-refractivity contribution is 6.33. The van der Waals surface area contributed by atoms with E-state index >= 15 is 0 Å². The topological polar surface area (TPSA) is 61.9 Å². The average Bonchev–Trinajstić information content (AvgIpc) is 2.54. The number of carbonyl (C=O) groups excluding carboxylic acids is 2. The van der Waals surface area contributed by atoms with Crippen molar-refractivity contribution in [3.05, 3.63) is 28.8 Å². The molecule has 0 spiro atoms. The number of nitrogens with one attached hydrogen (secondary N) is 1. The number of amides is 3. The van der Waals surface area contributed by atoms with Gasteiger partial charge in [0.2, 0.25) is 0 Å². The summed E-state index contributed by atoms with van der Waals surface area (Å²) in [6.45, 7) is 7.73. The van der Waals surface area contributed by atoms with Gasteiger partial charge in [-0.2, -0.15) is 13.2 Å². The van der Waals surface area contributed by atoms with E-state index in [-0.39, 0.29) is 36.4 Å². The molecule has 1 heterocycles. The molecule has 10 heteroatoms. The summed E-state index contributed by atoms with van der Waals surface area (Å²) in [7, 11) is 0. The zero-order valence-corrected chi connectivity index (χ0v) is 16.8. The van der Waals surface area contributed by atoms with E-state index in [2.05, 4.69) is 5.32 Å². The molecule has 1 aromatic rings. The van der Waals surface area contributed by atoms with Crippen LogP contribution in [0.3, 0.4) is 0 Å². The first-order valence-corrected chi connectivity index (χ1v) is 9.08. The summed E-state index contributed by atoms with van der Waals surface area (Å²) in [5.74, 6) is 0. The van der Waals surface area contributed by atoms with E-state index in [0.717, 1.165) is 18.2 Å². The molecule has 1 N–H and O–H groups in total. The van der Waals surface area contributed by atoms with Gasteiger partial charge in [-0.25, -0.2) is 9.59 Å². The van der Waals surface area contributed by atoms with Crippen LogP contribution < -0.4 is 5.32 Å². The minimum Gasteiger partial charge on any atom is -0.444 e. The van der Waals surface area contributed by atoms with Crippen LogP contribution in [0, 0.1) is 0 Å². The molecular formula is C18H23ClF3N3O3. The maximum Gasteiger partial charge on any atom is 0.416 e. The number of rotatable bonds is 1. The minimum absolute atomic E-state index is 0.00129. The number of carbonyl (C=O) groups is 2. The number of ether oxygens (including phenoxy) is 1. The molecule has 0 aliphatic carbocycles. The Kier molecular flexibility index (Phi) is 6.37.